The number of rotatable bonds is 9. The van der Waals surface area contributed by atoms with E-state index in [0.717, 1.165) is 0 Å². The third-order valence-electron chi connectivity index (χ3n) is 5.77. The van der Waals surface area contributed by atoms with Crippen molar-refractivity contribution in [1.82, 2.24) is 10.2 Å². The molecule has 4 atom stereocenters. The van der Waals surface area contributed by atoms with Gasteiger partial charge in [-0.05, 0) is 36.8 Å². The molecule has 0 spiro atoms. The highest BCUT2D eigenvalue weighted by Crippen LogP contribution is 2.51. The summed E-state index contributed by atoms with van der Waals surface area (Å²) in [5.41, 5.74) is 0.496. The molecule has 0 saturated carbocycles. The van der Waals surface area contributed by atoms with Gasteiger partial charge in [0.05, 0.1) is 9.67 Å². The van der Waals surface area contributed by atoms with Gasteiger partial charge in [0.25, 0.3) is 11.6 Å². The van der Waals surface area contributed by atoms with E-state index in [1.54, 1.807) is 31.2 Å². The maximum Gasteiger partial charge on any atom is 0.330 e. The van der Waals surface area contributed by atoms with E-state index in [-0.39, 0.29) is 24.8 Å². The molecule has 0 aromatic heterocycles. The fraction of sp³-hybridized carbons (Fsp3) is 0.348. The van der Waals surface area contributed by atoms with Crippen molar-refractivity contribution in [1.29, 1.82) is 0 Å². The summed E-state index contributed by atoms with van der Waals surface area (Å²) < 4.78 is 10.0. The number of thioether (sulfide) groups is 1. The number of hydrogen-bond acceptors (Lipinski definition) is 8. The van der Waals surface area contributed by atoms with Gasteiger partial charge in [-0.2, -0.15) is 0 Å². The van der Waals surface area contributed by atoms with Crippen molar-refractivity contribution in [2.75, 3.05) is 12.5 Å². The number of para-hydroxylation sites is 1. The van der Waals surface area contributed by atoms with Crippen LogP contribution in [0.3, 0.4) is 0 Å². The number of nitro groups is 1. The standard InChI is InChI=1S/C23H22ClN3O7S/c1-23(13-24)19(22(30)34-11-14-7-9-15(10-8-14)27(31)32)26-20(29)18(21(26)35-23)25-17(28)12-33-16-5-3-2-4-6-16/h2-10,18-19,21H,11-13H2,1H3,(H,25,28)/t18-,19+,21+,23+/m1/s1. The minimum absolute atomic E-state index is 0.0711. The molecule has 35 heavy (non-hydrogen) atoms. The molecule has 2 aromatic rings. The number of carbonyl (C=O) groups is 3. The number of amides is 2. The minimum Gasteiger partial charge on any atom is -0.484 e. The first-order valence-electron chi connectivity index (χ1n) is 10.7. The highest BCUT2D eigenvalue weighted by atomic mass is 35.5. The van der Waals surface area contributed by atoms with Crippen molar-refractivity contribution in [3.8, 4) is 5.75 Å². The van der Waals surface area contributed by atoms with Gasteiger partial charge in [0.15, 0.2) is 6.61 Å². The second-order valence-corrected chi connectivity index (χ2v) is 10.2. The van der Waals surface area contributed by atoms with E-state index in [2.05, 4.69) is 5.32 Å². The number of nitrogens with zero attached hydrogens (tertiary/aromatic N) is 2. The Kier molecular flexibility index (Phi) is 7.18. The summed E-state index contributed by atoms with van der Waals surface area (Å²) in [5.74, 6) is -0.879. The fourth-order valence-electron chi connectivity index (χ4n) is 3.95. The number of nitro benzene ring substituents is 1. The lowest BCUT2D eigenvalue weighted by Gasteiger charge is -2.43. The van der Waals surface area contributed by atoms with E-state index in [4.69, 9.17) is 21.1 Å². The first kappa shape index (κ1) is 24.8. The number of esters is 1. The Balaban J connectivity index is 1.36. The zero-order valence-electron chi connectivity index (χ0n) is 18.6. The number of nitrogens with one attached hydrogen (secondary N) is 1. The third-order valence-corrected chi connectivity index (χ3v) is 8.13. The van der Waals surface area contributed by atoms with Gasteiger partial charge in [0, 0.05) is 18.0 Å². The van der Waals surface area contributed by atoms with Crippen LogP contribution < -0.4 is 10.1 Å². The second-order valence-electron chi connectivity index (χ2n) is 8.28. The molecule has 0 radical (unpaired) electrons. The molecule has 4 rings (SSSR count). The lowest BCUT2D eigenvalue weighted by atomic mass is 9.95. The van der Waals surface area contributed by atoms with E-state index in [9.17, 15) is 24.5 Å². The van der Waals surface area contributed by atoms with Crippen LogP contribution in [0.5, 0.6) is 5.75 Å². The summed E-state index contributed by atoms with van der Waals surface area (Å²) in [4.78, 5) is 49.9. The molecule has 0 aliphatic carbocycles. The molecular formula is C23H22ClN3O7S. The summed E-state index contributed by atoms with van der Waals surface area (Å²) in [6.45, 7) is 1.41. The number of β-lactam (4-membered cyclic amide) rings is 1. The average Bonchev–Trinajstić information content (AvgIpc) is 3.15. The van der Waals surface area contributed by atoms with Crippen molar-refractivity contribution in [2.45, 2.75) is 35.7 Å². The van der Waals surface area contributed by atoms with Gasteiger partial charge in [-0.3, -0.25) is 19.7 Å². The first-order chi connectivity index (χ1) is 16.7. The van der Waals surface area contributed by atoms with Crippen molar-refractivity contribution in [2.24, 2.45) is 0 Å². The topological polar surface area (TPSA) is 128 Å². The largest absolute Gasteiger partial charge is 0.484 e. The molecule has 0 unspecified atom stereocenters. The SMILES string of the molecule is C[C@@]1(CCl)S[C@H]2[C@H](NC(=O)COc3ccccc3)C(=O)N2[C@H]1C(=O)OCc1ccc([N+](=O)[O-])cc1. The summed E-state index contributed by atoms with van der Waals surface area (Å²) >= 11 is 7.53. The Hall–Kier alpha value is -3.31. The Morgan fingerprint density at radius 3 is 2.51 bits per heavy atom. The van der Waals surface area contributed by atoms with Crippen LogP contribution in [0.25, 0.3) is 0 Å². The molecule has 2 aliphatic heterocycles. The van der Waals surface area contributed by atoms with E-state index in [1.807, 2.05) is 6.07 Å². The smallest absolute Gasteiger partial charge is 0.330 e. The van der Waals surface area contributed by atoms with E-state index in [0.29, 0.717) is 11.3 Å². The number of fused-ring (bicyclic) bond motifs is 1. The van der Waals surface area contributed by atoms with Crippen molar-refractivity contribution >= 4 is 46.8 Å². The van der Waals surface area contributed by atoms with Crippen LogP contribution in [0.4, 0.5) is 5.69 Å². The third kappa shape index (κ3) is 5.06. The highest BCUT2D eigenvalue weighted by molar-refractivity contribution is 8.01. The van der Waals surface area contributed by atoms with E-state index < -0.39 is 44.9 Å². The van der Waals surface area contributed by atoms with E-state index >= 15 is 0 Å². The maximum atomic E-state index is 13.0. The predicted octanol–water partition coefficient (Wildman–Crippen LogP) is 2.48. The average molecular weight is 520 g/mol. The fourth-order valence-corrected chi connectivity index (χ4v) is 5.90. The normalized spacial score (nSPS) is 24.8. The van der Waals surface area contributed by atoms with Crippen LogP contribution in [-0.4, -0.2) is 62.3 Å². The van der Waals surface area contributed by atoms with Gasteiger partial charge < -0.3 is 19.7 Å². The molecule has 2 saturated heterocycles. The van der Waals surface area contributed by atoms with Gasteiger partial charge in [0.1, 0.15) is 29.8 Å². The van der Waals surface area contributed by atoms with Crippen molar-refractivity contribution < 1.29 is 28.8 Å². The van der Waals surface area contributed by atoms with Crippen LogP contribution in [0.15, 0.2) is 54.6 Å². The molecule has 184 valence electrons. The van der Waals surface area contributed by atoms with E-state index in [1.165, 1.54) is 40.9 Å². The van der Waals surface area contributed by atoms with Crippen LogP contribution >= 0.6 is 23.4 Å². The van der Waals surface area contributed by atoms with Gasteiger partial charge in [-0.25, -0.2) is 4.79 Å². The molecule has 12 heteroatoms. The number of ether oxygens (including phenoxy) is 2. The minimum atomic E-state index is -0.936. The number of benzene rings is 2. The number of hydrogen-bond donors (Lipinski definition) is 1. The van der Waals surface area contributed by atoms with Crippen LogP contribution in [0.2, 0.25) is 0 Å². The van der Waals surface area contributed by atoms with Crippen LogP contribution in [0, 0.1) is 10.1 Å². The molecule has 2 aliphatic rings. The van der Waals surface area contributed by atoms with Crippen molar-refractivity contribution in [3.05, 3.63) is 70.3 Å². The number of alkyl halides is 1. The number of non-ortho nitro benzene ring substituents is 1. The predicted molar refractivity (Wildman–Crippen MR) is 128 cm³/mol. The summed E-state index contributed by atoms with van der Waals surface area (Å²) in [5, 5.41) is 13.0. The molecule has 1 N–H and O–H groups in total. The Bertz CT molecular complexity index is 1130. The second kappa shape index (κ2) is 10.1. The zero-order valence-corrected chi connectivity index (χ0v) is 20.2. The van der Waals surface area contributed by atoms with Gasteiger partial charge in [-0.15, -0.1) is 23.4 Å². The van der Waals surface area contributed by atoms with Gasteiger partial charge in [-0.1, -0.05) is 18.2 Å². The molecule has 0 bridgehead atoms. The van der Waals surface area contributed by atoms with Crippen molar-refractivity contribution in [3.63, 3.8) is 0 Å². The molecule has 10 nitrogen and oxygen atoms in total. The van der Waals surface area contributed by atoms with Gasteiger partial charge in [0.2, 0.25) is 5.91 Å². The lowest BCUT2D eigenvalue weighted by molar-refractivity contribution is -0.384. The maximum absolute atomic E-state index is 13.0. The first-order valence-corrected chi connectivity index (χ1v) is 12.1. The van der Waals surface area contributed by atoms with Crippen LogP contribution in [-0.2, 0) is 25.7 Å². The Morgan fingerprint density at radius 2 is 1.89 bits per heavy atom. The molecule has 2 amide bonds. The highest BCUT2D eigenvalue weighted by Gasteiger charge is 2.65. The summed E-state index contributed by atoms with van der Waals surface area (Å²) in [7, 11) is 0. The monoisotopic (exact) mass is 519 g/mol. The Morgan fingerprint density at radius 1 is 1.20 bits per heavy atom. The summed E-state index contributed by atoms with van der Waals surface area (Å²) in [6, 6.07) is 12.7. The lowest BCUT2D eigenvalue weighted by Crippen LogP contribution is -2.71. The number of halogens is 1. The molecule has 2 aromatic carbocycles. The quantitative estimate of drug-likeness (QED) is 0.176. The summed E-state index contributed by atoms with van der Waals surface area (Å²) in [6.07, 6.45) is 0. The Labute approximate surface area is 210 Å². The zero-order chi connectivity index (χ0) is 25.2. The molecule has 2 heterocycles. The molecular weight excluding hydrogens is 498 g/mol. The molecule has 2 fully saturated rings. The number of carbonyl (C=O) groups excluding carboxylic acids is 3. The van der Waals surface area contributed by atoms with Gasteiger partial charge >= 0.3 is 5.97 Å². The van der Waals surface area contributed by atoms with Crippen LogP contribution in [0.1, 0.15) is 12.5 Å².